The van der Waals surface area contributed by atoms with E-state index in [4.69, 9.17) is 4.52 Å². The normalized spacial score (nSPS) is 11.5. The quantitative estimate of drug-likeness (QED) is 0.463. The lowest BCUT2D eigenvalue weighted by Gasteiger charge is -2.07. The summed E-state index contributed by atoms with van der Waals surface area (Å²) in [5, 5.41) is 6.65. The Morgan fingerprint density at radius 1 is 1.14 bits per heavy atom. The predicted octanol–water partition coefficient (Wildman–Crippen LogP) is 3.30. The third-order valence-corrected chi connectivity index (χ3v) is 5.33. The zero-order valence-corrected chi connectivity index (χ0v) is 16.0. The maximum atomic E-state index is 12.5. The maximum absolute atomic E-state index is 12.5. The van der Waals surface area contributed by atoms with Crippen molar-refractivity contribution in [1.29, 1.82) is 0 Å². The van der Waals surface area contributed by atoms with Gasteiger partial charge >= 0.3 is 0 Å². The molecule has 0 radical (unpaired) electrons. The van der Waals surface area contributed by atoms with Gasteiger partial charge in [-0.05, 0) is 50.2 Å². The molecule has 0 amide bonds. The molecule has 2 N–H and O–H groups in total. The smallest absolute Gasteiger partial charge is 0.264 e. The van der Waals surface area contributed by atoms with Crippen LogP contribution in [0, 0.1) is 13.8 Å². The van der Waals surface area contributed by atoms with Crippen LogP contribution in [0.2, 0.25) is 0 Å². The molecular weight excluding hydrogens is 380 g/mol. The van der Waals surface area contributed by atoms with Crippen LogP contribution >= 0.6 is 0 Å². The predicted molar refractivity (Wildman–Crippen MR) is 105 cm³/mol. The molecule has 2 aromatic heterocycles. The minimum atomic E-state index is -3.80. The van der Waals surface area contributed by atoms with Gasteiger partial charge in [0.05, 0.1) is 10.6 Å². The fourth-order valence-corrected chi connectivity index (χ4v) is 3.29. The molecule has 0 spiro atoms. The van der Waals surface area contributed by atoms with Gasteiger partial charge in [0.15, 0.2) is 5.78 Å². The number of ketones is 1. The molecule has 1 aromatic carbocycles. The van der Waals surface area contributed by atoms with Crippen molar-refractivity contribution in [3.8, 4) is 0 Å². The SMILES string of the molecule is Cc1noc(NS(=O)(=O)c2ccc(NC=CC(=O)c3cccnc3)cc2)c1C. The fraction of sp³-hybridized carbons (Fsp3) is 0.105. The molecule has 0 aliphatic heterocycles. The van der Waals surface area contributed by atoms with Crippen molar-refractivity contribution >= 4 is 27.4 Å². The average Bonchev–Trinajstić information content (AvgIpc) is 3.00. The van der Waals surface area contributed by atoms with E-state index < -0.39 is 10.0 Å². The number of rotatable bonds is 7. The number of allylic oxidation sites excluding steroid dienone is 1. The van der Waals surface area contributed by atoms with Crippen LogP contribution in [0.15, 0.2) is 70.5 Å². The van der Waals surface area contributed by atoms with Gasteiger partial charge in [0.2, 0.25) is 5.88 Å². The molecule has 144 valence electrons. The zero-order chi connectivity index (χ0) is 20.1. The Hall–Kier alpha value is -3.46. The molecule has 9 heteroatoms. The van der Waals surface area contributed by atoms with Gasteiger partial charge in [0.1, 0.15) is 0 Å². The Bertz CT molecular complexity index is 1100. The van der Waals surface area contributed by atoms with Crippen molar-refractivity contribution < 1.29 is 17.7 Å². The number of anilines is 2. The minimum Gasteiger partial charge on any atom is -0.362 e. The number of aromatic nitrogens is 2. The monoisotopic (exact) mass is 398 g/mol. The number of hydrogen-bond donors (Lipinski definition) is 2. The molecule has 3 aromatic rings. The fourth-order valence-electron chi connectivity index (χ4n) is 2.24. The topological polar surface area (TPSA) is 114 Å². The van der Waals surface area contributed by atoms with Crippen molar-refractivity contribution in [3.63, 3.8) is 0 Å². The number of nitrogens with one attached hydrogen (secondary N) is 2. The van der Waals surface area contributed by atoms with Crippen LogP contribution < -0.4 is 10.0 Å². The molecular formula is C19H18N4O4S. The summed E-state index contributed by atoms with van der Waals surface area (Å²) in [5.41, 5.74) is 2.35. The van der Waals surface area contributed by atoms with E-state index in [1.54, 1.807) is 44.3 Å². The van der Waals surface area contributed by atoms with Gasteiger partial charge in [-0.3, -0.25) is 9.78 Å². The standard InChI is InChI=1S/C19H18N4O4S/c1-13-14(2)22-27-19(13)23-28(25,26)17-7-5-16(6-8-17)21-11-9-18(24)15-4-3-10-20-12-15/h3-12,21,23H,1-2H3. The van der Waals surface area contributed by atoms with Gasteiger partial charge in [-0.25, -0.2) is 13.1 Å². The van der Waals surface area contributed by atoms with Crippen molar-refractivity contribution in [2.45, 2.75) is 18.7 Å². The Morgan fingerprint density at radius 2 is 1.89 bits per heavy atom. The van der Waals surface area contributed by atoms with Gasteiger partial charge < -0.3 is 9.84 Å². The first kappa shape index (κ1) is 19.3. The van der Waals surface area contributed by atoms with Gasteiger partial charge in [0.25, 0.3) is 10.0 Å². The van der Waals surface area contributed by atoms with Crippen LogP contribution in [0.1, 0.15) is 21.6 Å². The van der Waals surface area contributed by atoms with Gasteiger partial charge in [-0.2, -0.15) is 0 Å². The van der Waals surface area contributed by atoms with Gasteiger partial charge in [0, 0.05) is 41.5 Å². The molecule has 0 unspecified atom stereocenters. The first-order chi connectivity index (χ1) is 13.4. The van der Waals surface area contributed by atoms with Crippen LogP contribution in [-0.4, -0.2) is 24.3 Å². The number of sulfonamides is 1. The molecule has 0 bridgehead atoms. The van der Waals surface area contributed by atoms with Crippen molar-refractivity contribution in [1.82, 2.24) is 10.1 Å². The lowest BCUT2D eigenvalue weighted by atomic mass is 10.2. The number of carbonyl (C=O) groups excluding carboxylic acids is 1. The minimum absolute atomic E-state index is 0.0712. The number of aryl methyl sites for hydroxylation is 1. The van der Waals surface area contributed by atoms with Crippen LogP contribution in [-0.2, 0) is 10.0 Å². The van der Waals surface area contributed by atoms with Crippen LogP contribution in [0.3, 0.4) is 0 Å². The molecule has 8 nitrogen and oxygen atoms in total. The summed E-state index contributed by atoms with van der Waals surface area (Å²) in [7, 11) is -3.80. The zero-order valence-electron chi connectivity index (χ0n) is 15.2. The molecule has 28 heavy (non-hydrogen) atoms. The van der Waals surface area contributed by atoms with E-state index >= 15 is 0 Å². The highest BCUT2D eigenvalue weighted by molar-refractivity contribution is 7.92. The summed E-state index contributed by atoms with van der Waals surface area (Å²) >= 11 is 0. The summed E-state index contributed by atoms with van der Waals surface area (Å²) in [4.78, 5) is 15.9. The highest BCUT2D eigenvalue weighted by Crippen LogP contribution is 2.22. The van der Waals surface area contributed by atoms with Crippen molar-refractivity contribution in [2.75, 3.05) is 10.0 Å². The number of hydrogen-bond acceptors (Lipinski definition) is 7. The van der Waals surface area contributed by atoms with Crippen LogP contribution in [0.5, 0.6) is 0 Å². The van der Waals surface area contributed by atoms with E-state index in [2.05, 4.69) is 20.2 Å². The number of carbonyl (C=O) groups is 1. The summed E-state index contributed by atoms with van der Waals surface area (Å²) in [5.74, 6) is -0.0988. The molecule has 0 aliphatic rings. The molecule has 2 heterocycles. The van der Waals surface area contributed by atoms with E-state index in [9.17, 15) is 13.2 Å². The molecule has 0 saturated heterocycles. The number of pyridine rings is 1. The van der Waals surface area contributed by atoms with Gasteiger partial charge in [-0.1, -0.05) is 5.16 Å². The third kappa shape index (κ3) is 4.44. The first-order valence-electron chi connectivity index (χ1n) is 8.30. The van der Waals surface area contributed by atoms with Crippen LogP contribution in [0.4, 0.5) is 11.6 Å². The first-order valence-corrected chi connectivity index (χ1v) is 9.78. The molecule has 0 fully saturated rings. The Morgan fingerprint density at radius 3 is 2.50 bits per heavy atom. The maximum Gasteiger partial charge on any atom is 0.264 e. The summed E-state index contributed by atoms with van der Waals surface area (Å²) < 4.78 is 32.3. The van der Waals surface area contributed by atoms with E-state index in [0.717, 1.165) is 0 Å². The summed E-state index contributed by atoms with van der Waals surface area (Å²) in [6, 6.07) is 9.42. The summed E-state index contributed by atoms with van der Waals surface area (Å²) in [6.45, 7) is 3.44. The molecule has 0 saturated carbocycles. The van der Waals surface area contributed by atoms with E-state index in [1.165, 1.54) is 30.6 Å². The van der Waals surface area contributed by atoms with E-state index in [1.807, 2.05) is 0 Å². The van der Waals surface area contributed by atoms with Gasteiger partial charge in [-0.15, -0.1) is 0 Å². The third-order valence-electron chi connectivity index (χ3n) is 3.98. The summed E-state index contributed by atoms with van der Waals surface area (Å²) in [6.07, 6.45) is 5.93. The van der Waals surface area contributed by atoms with E-state index in [-0.39, 0.29) is 16.6 Å². The molecule has 0 atom stereocenters. The number of nitrogens with zero attached hydrogens (tertiary/aromatic N) is 2. The lowest BCUT2D eigenvalue weighted by Crippen LogP contribution is -2.13. The Kier molecular flexibility index (Phi) is 5.55. The largest absolute Gasteiger partial charge is 0.362 e. The van der Waals surface area contributed by atoms with Crippen molar-refractivity contribution in [3.05, 3.63) is 77.9 Å². The second kappa shape index (κ2) is 8.05. The van der Waals surface area contributed by atoms with Crippen molar-refractivity contribution in [2.24, 2.45) is 0 Å². The second-order valence-electron chi connectivity index (χ2n) is 5.94. The Balaban J connectivity index is 1.65. The second-order valence-corrected chi connectivity index (χ2v) is 7.62. The highest BCUT2D eigenvalue weighted by atomic mass is 32.2. The highest BCUT2D eigenvalue weighted by Gasteiger charge is 2.18. The molecule has 3 rings (SSSR count). The van der Waals surface area contributed by atoms with Crippen LogP contribution in [0.25, 0.3) is 0 Å². The average molecular weight is 398 g/mol. The Labute approximate surface area is 162 Å². The van der Waals surface area contributed by atoms with E-state index in [0.29, 0.717) is 22.5 Å². The lowest BCUT2D eigenvalue weighted by molar-refractivity contribution is 0.104. The molecule has 0 aliphatic carbocycles. The number of benzene rings is 1.